The number of nitrogens with one attached hydrogen (secondary N) is 1. The molecule has 0 heterocycles. The Morgan fingerprint density at radius 3 is 2.23 bits per heavy atom. The molecule has 0 aromatic heterocycles. The molecule has 3 aromatic carbocycles. The van der Waals surface area contributed by atoms with Crippen LogP contribution in [-0.2, 0) is 19.6 Å². The Hall–Kier alpha value is -4.18. The van der Waals surface area contributed by atoms with Gasteiger partial charge in [-0.3, -0.25) is 9.52 Å². The predicted octanol–water partition coefficient (Wildman–Crippen LogP) is 4.08. The normalized spacial score (nSPS) is 11.2. The number of ketones is 1. The lowest BCUT2D eigenvalue weighted by molar-refractivity contribution is -0.136. The molecule has 0 atom stereocenters. The molecule has 0 unspecified atom stereocenters. The molecule has 0 bridgehead atoms. The number of carbonyl (C=O) groups excluding carboxylic acids is 2. The Morgan fingerprint density at radius 2 is 1.63 bits per heavy atom. The number of Topliss-reactive ketones (excluding diaryl/α,β-unsaturated/α-hetero) is 1. The van der Waals surface area contributed by atoms with Gasteiger partial charge in [-0.25, -0.2) is 17.6 Å². The van der Waals surface area contributed by atoms with Gasteiger partial charge in [-0.2, -0.15) is 0 Å². The standard InChI is InChI=1S/C25H22FNO7S/c1-32-20-9-7-19(8-10-20)27-35(30,31)21-11-3-17(4-12-21)5-14-25(29)34-16-23(28)18-6-13-24(33-2)22(26)15-18/h3-15,27H,16H2,1-2H3/b14-5+. The number of methoxy groups -OCH3 is 2. The molecule has 0 aliphatic heterocycles. The Labute approximate surface area is 202 Å². The smallest absolute Gasteiger partial charge is 0.331 e. The fraction of sp³-hybridized carbons (Fsp3) is 0.120. The van der Waals surface area contributed by atoms with E-state index in [4.69, 9.17) is 14.2 Å². The van der Waals surface area contributed by atoms with Crippen molar-refractivity contribution >= 4 is 33.5 Å². The van der Waals surface area contributed by atoms with Crippen LogP contribution >= 0.6 is 0 Å². The molecule has 3 rings (SSSR count). The molecule has 0 saturated carbocycles. The third kappa shape index (κ3) is 6.90. The van der Waals surface area contributed by atoms with Crippen molar-refractivity contribution in [2.24, 2.45) is 0 Å². The summed E-state index contributed by atoms with van der Waals surface area (Å²) in [6.45, 7) is -0.566. The number of sulfonamides is 1. The highest BCUT2D eigenvalue weighted by atomic mass is 32.2. The van der Waals surface area contributed by atoms with E-state index in [0.717, 1.165) is 12.1 Å². The van der Waals surface area contributed by atoms with Crippen LogP contribution < -0.4 is 14.2 Å². The molecule has 35 heavy (non-hydrogen) atoms. The summed E-state index contributed by atoms with van der Waals surface area (Å²) in [7, 11) is -0.993. The van der Waals surface area contributed by atoms with Crippen LogP contribution in [0.25, 0.3) is 6.08 Å². The summed E-state index contributed by atoms with van der Waals surface area (Å²) < 4.78 is 56.0. The molecule has 0 saturated heterocycles. The van der Waals surface area contributed by atoms with Crippen molar-refractivity contribution in [3.63, 3.8) is 0 Å². The number of esters is 1. The quantitative estimate of drug-likeness (QED) is 0.254. The summed E-state index contributed by atoms with van der Waals surface area (Å²) in [5.74, 6) is -1.47. The van der Waals surface area contributed by atoms with Crippen molar-refractivity contribution in [2.75, 3.05) is 25.5 Å². The highest BCUT2D eigenvalue weighted by Gasteiger charge is 2.14. The van der Waals surface area contributed by atoms with Crippen LogP contribution in [0.1, 0.15) is 15.9 Å². The number of benzene rings is 3. The molecule has 10 heteroatoms. The fourth-order valence-electron chi connectivity index (χ4n) is 2.90. The SMILES string of the molecule is COc1ccc(NS(=O)(=O)c2ccc(/C=C/C(=O)OCC(=O)c3ccc(OC)c(F)c3)cc2)cc1. The van der Waals surface area contributed by atoms with Crippen LogP contribution in [0, 0.1) is 5.82 Å². The average molecular weight is 500 g/mol. The van der Waals surface area contributed by atoms with Crippen molar-refractivity contribution in [1.29, 1.82) is 0 Å². The lowest BCUT2D eigenvalue weighted by Crippen LogP contribution is -2.13. The minimum atomic E-state index is -3.81. The fourth-order valence-corrected chi connectivity index (χ4v) is 3.96. The minimum Gasteiger partial charge on any atom is -0.497 e. The van der Waals surface area contributed by atoms with Gasteiger partial charge in [0, 0.05) is 17.3 Å². The molecule has 0 amide bonds. The van der Waals surface area contributed by atoms with Crippen molar-refractivity contribution < 1.29 is 36.6 Å². The monoisotopic (exact) mass is 499 g/mol. The lowest BCUT2D eigenvalue weighted by Gasteiger charge is -2.09. The van der Waals surface area contributed by atoms with Gasteiger partial charge in [0.15, 0.2) is 24.0 Å². The van der Waals surface area contributed by atoms with Crippen molar-refractivity contribution in [3.8, 4) is 11.5 Å². The first kappa shape index (κ1) is 25.4. The van der Waals surface area contributed by atoms with Gasteiger partial charge < -0.3 is 14.2 Å². The summed E-state index contributed by atoms with van der Waals surface area (Å²) in [6, 6.07) is 15.9. The molecule has 0 aliphatic rings. The van der Waals surface area contributed by atoms with Crippen molar-refractivity contribution in [1.82, 2.24) is 0 Å². The summed E-state index contributed by atoms with van der Waals surface area (Å²) in [4.78, 5) is 24.0. The highest BCUT2D eigenvalue weighted by molar-refractivity contribution is 7.92. The Bertz CT molecular complexity index is 1340. The summed E-state index contributed by atoms with van der Waals surface area (Å²) in [5, 5.41) is 0. The number of ether oxygens (including phenoxy) is 3. The zero-order valence-electron chi connectivity index (χ0n) is 18.9. The second kappa shape index (κ2) is 11.3. The van der Waals surface area contributed by atoms with E-state index in [1.165, 1.54) is 56.7 Å². The lowest BCUT2D eigenvalue weighted by atomic mass is 10.1. The van der Waals surface area contributed by atoms with Crippen LogP contribution in [0.2, 0.25) is 0 Å². The second-order valence-electron chi connectivity index (χ2n) is 7.12. The molecule has 0 fully saturated rings. The van der Waals surface area contributed by atoms with Crippen LogP contribution in [-0.4, -0.2) is 41.0 Å². The molecule has 0 spiro atoms. The molecule has 1 N–H and O–H groups in total. The third-order valence-electron chi connectivity index (χ3n) is 4.76. The van der Waals surface area contributed by atoms with E-state index < -0.39 is 34.2 Å². The van der Waals surface area contributed by atoms with E-state index in [0.29, 0.717) is 17.0 Å². The zero-order valence-corrected chi connectivity index (χ0v) is 19.7. The van der Waals surface area contributed by atoms with E-state index in [2.05, 4.69) is 4.72 Å². The van der Waals surface area contributed by atoms with E-state index in [1.54, 1.807) is 24.3 Å². The molecule has 0 aliphatic carbocycles. The molecule has 8 nitrogen and oxygen atoms in total. The highest BCUT2D eigenvalue weighted by Crippen LogP contribution is 2.20. The maximum atomic E-state index is 13.7. The van der Waals surface area contributed by atoms with Gasteiger partial charge in [0.1, 0.15) is 5.75 Å². The van der Waals surface area contributed by atoms with Gasteiger partial charge in [0.05, 0.1) is 19.1 Å². The average Bonchev–Trinajstić information content (AvgIpc) is 2.86. The number of halogens is 1. The van der Waals surface area contributed by atoms with Crippen LogP contribution in [0.15, 0.2) is 77.7 Å². The van der Waals surface area contributed by atoms with Crippen molar-refractivity contribution in [2.45, 2.75) is 4.90 Å². The van der Waals surface area contributed by atoms with Crippen molar-refractivity contribution in [3.05, 3.63) is 89.8 Å². The minimum absolute atomic E-state index is 0.00295. The van der Waals surface area contributed by atoms with Crippen LogP contribution in [0.3, 0.4) is 0 Å². The summed E-state index contributed by atoms with van der Waals surface area (Å²) in [5.41, 5.74) is 0.957. The van der Waals surface area contributed by atoms with Crippen LogP contribution in [0.4, 0.5) is 10.1 Å². The molecular weight excluding hydrogens is 477 g/mol. The first-order valence-electron chi connectivity index (χ1n) is 10.2. The number of hydrogen-bond donors (Lipinski definition) is 1. The number of carbonyl (C=O) groups is 2. The largest absolute Gasteiger partial charge is 0.497 e. The summed E-state index contributed by atoms with van der Waals surface area (Å²) >= 11 is 0. The number of rotatable bonds is 10. The summed E-state index contributed by atoms with van der Waals surface area (Å²) in [6.07, 6.45) is 2.51. The first-order valence-corrected chi connectivity index (χ1v) is 11.7. The number of hydrogen-bond acceptors (Lipinski definition) is 7. The van der Waals surface area contributed by atoms with Gasteiger partial charge in [-0.05, 0) is 66.2 Å². The van der Waals surface area contributed by atoms with E-state index >= 15 is 0 Å². The Kier molecular flexibility index (Phi) is 8.21. The first-order chi connectivity index (χ1) is 16.7. The zero-order chi connectivity index (χ0) is 25.4. The molecule has 182 valence electrons. The van der Waals surface area contributed by atoms with Gasteiger partial charge in [-0.1, -0.05) is 12.1 Å². The van der Waals surface area contributed by atoms with Crippen LogP contribution in [0.5, 0.6) is 11.5 Å². The maximum absolute atomic E-state index is 13.7. The molecule has 0 radical (unpaired) electrons. The molecule has 3 aromatic rings. The van der Waals surface area contributed by atoms with Gasteiger partial charge >= 0.3 is 5.97 Å². The topological polar surface area (TPSA) is 108 Å². The Balaban J connectivity index is 1.55. The third-order valence-corrected chi connectivity index (χ3v) is 6.16. The second-order valence-corrected chi connectivity index (χ2v) is 8.80. The molecular formula is C25H22FNO7S. The van der Waals surface area contributed by atoms with Gasteiger partial charge in [-0.15, -0.1) is 0 Å². The van der Waals surface area contributed by atoms with Gasteiger partial charge in [0.2, 0.25) is 0 Å². The Morgan fingerprint density at radius 1 is 0.943 bits per heavy atom. The van der Waals surface area contributed by atoms with E-state index in [-0.39, 0.29) is 16.2 Å². The maximum Gasteiger partial charge on any atom is 0.331 e. The van der Waals surface area contributed by atoms with E-state index in [1.807, 2.05) is 0 Å². The predicted molar refractivity (Wildman–Crippen MR) is 128 cm³/mol. The number of anilines is 1. The van der Waals surface area contributed by atoms with Gasteiger partial charge in [0.25, 0.3) is 10.0 Å². The van der Waals surface area contributed by atoms with E-state index in [9.17, 15) is 22.4 Å².